The van der Waals surface area contributed by atoms with Crippen LogP contribution in [-0.2, 0) is 6.54 Å². The summed E-state index contributed by atoms with van der Waals surface area (Å²) in [5.41, 5.74) is 1.82. The highest BCUT2D eigenvalue weighted by atomic mass is 32.1. The molecule has 1 aromatic carbocycles. The SMILES string of the molecule is O=C(O)c1sccc1Cn1ccnc1-c1ccccc1. The molecule has 3 rings (SSSR count). The van der Waals surface area contributed by atoms with Gasteiger partial charge in [-0.1, -0.05) is 30.3 Å². The molecule has 0 fully saturated rings. The summed E-state index contributed by atoms with van der Waals surface area (Å²) in [4.78, 5) is 15.9. The number of hydrogen-bond donors (Lipinski definition) is 1. The molecule has 0 bridgehead atoms. The minimum Gasteiger partial charge on any atom is -0.477 e. The maximum absolute atomic E-state index is 11.2. The van der Waals surface area contributed by atoms with Crippen molar-refractivity contribution in [3.8, 4) is 11.4 Å². The monoisotopic (exact) mass is 284 g/mol. The van der Waals surface area contributed by atoms with Gasteiger partial charge in [-0.15, -0.1) is 11.3 Å². The number of carbonyl (C=O) groups is 1. The lowest BCUT2D eigenvalue weighted by Crippen LogP contribution is -2.04. The lowest BCUT2D eigenvalue weighted by molar-refractivity contribution is 0.0701. The summed E-state index contributed by atoms with van der Waals surface area (Å²) >= 11 is 1.25. The van der Waals surface area contributed by atoms with E-state index in [4.69, 9.17) is 5.11 Å². The molecule has 0 aliphatic carbocycles. The number of nitrogens with zero attached hydrogens (tertiary/aromatic N) is 2. The van der Waals surface area contributed by atoms with E-state index in [1.807, 2.05) is 47.2 Å². The Morgan fingerprint density at radius 3 is 2.80 bits per heavy atom. The number of benzene rings is 1. The van der Waals surface area contributed by atoms with E-state index in [1.165, 1.54) is 11.3 Å². The van der Waals surface area contributed by atoms with Gasteiger partial charge in [-0.3, -0.25) is 0 Å². The van der Waals surface area contributed by atoms with Gasteiger partial charge in [0.25, 0.3) is 0 Å². The molecular weight excluding hydrogens is 272 g/mol. The molecule has 20 heavy (non-hydrogen) atoms. The van der Waals surface area contributed by atoms with Crippen molar-refractivity contribution in [2.24, 2.45) is 0 Å². The second-order valence-electron chi connectivity index (χ2n) is 4.32. The Kier molecular flexibility index (Phi) is 3.35. The number of imidazole rings is 1. The summed E-state index contributed by atoms with van der Waals surface area (Å²) in [5, 5.41) is 11.0. The van der Waals surface area contributed by atoms with Gasteiger partial charge in [-0.05, 0) is 17.0 Å². The highest BCUT2D eigenvalue weighted by Gasteiger charge is 2.13. The highest BCUT2D eigenvalue weighted by molar-refractivity contribution is 7.12. The van der Waals surface area contributed by atoms with E-state index in [1.54, 1.807) is 11.6 Å². The molecule has 0 aliphatic heterocycles. The Morgan fingerprint density at radius 2 is 2.05 bits per heavy atom. The molecule has 0 aliphatic rings. The van der Waals surface area contributed by atoms with Crippen molar-refractivity contribution >= 4 is 17.3 Å². The first-order valence-corrected chi connectivity index (χ1v) is 7.00. The number of hydrogen-bond acceptors (Lipinski definition) is 3. The molecule has 5 heteroatoms. The number of aromatic carboxylic acids is 1. The Bertz CT molecular complexity index is 731. The predicted molar refractivity (Wildman–Crippen MR) is 78.0 cm³/mol. The first kappa shape index (κ1) is 12.6. The van der Waals surface area contributed by atoms with Crippen LogP contribution in [0.1, 0.15) is 15.2 Å². The van der Waals surface area contributed by atoms with Crippen molar-refractivity contribution in [1.29, 1.82) is 0 Å². The molecule has 2 aromatic heterocycles. The van der Waals surface area contributed by atoms with Gasteiger partial charge in [0.2, 0.25) is 0 Å². The fraction of sp³-hybridized carbons (Fsp3) is 0.0667. The van der Waals surface area contributed by atoms with E-state index in [-0.39, 0.29) is 0 Å². The van der Waals surface area contributed by atoms with E-state index in [2.05, 4.69) is 4.98 Å². The van der Waals surface area contributed by atoms with Gasteiger partial charge in [0.05, 0.1) is 6.54 Å². The molecule has 4 nitrogen and oxygen atoms in total. The molecule has 3 aromatic rings. The van der Waals surface area contributed by atoms with E-state index >= 15 is 0 Å². The van der Waals surface area contributed by atoms with Crippen LogP contribution in [0.2, 0.25) is 0 Å². The van der Waals surface area contributed by atoms with Crippen LogP contribution in [0.4, 0.5) is 0 Å². The van der Waals surface area contributed by atoms with Crippen LogP contribution in [-0.4, -0.2) is 20.6 Å². The van der Waals surface area contributed by atoms with Crippen molar-refractivity contribution in [1.82, 2.24) is 9.55 Å². The Balaban J connectivity index is 1.95. The van der Waals surface area contributed by atoms with Gasteiger partial charge >= 0.3 is 5.97 Å². The smallest absolute Gasteiger partial charge is 0.346 e. The number of carboxylic acids is 1. The first-order chi connectivity index (χ1) is 9.75. The van der Waals surface area contributed by atoms with Crippen LogP contribution < -0.4 is 0 Å². The van der Waals surface area contributed by atoms with Gasteiger partial charge in [0.1, 0.15) is 10.7 Å². The molecule has 0 unspecified atom stereocenters. The summed E-state index contributed by atoms with van der Waals surface area (Å²) in [6, 6.07) is 11.7. The molecule has 0 spiro atoms. The van der Waals surface area contributed by atoms with Crippen molar-refractivity contribution in [2.75, 3.05) is 0 Å². The topological polar surface area (TPSA) is 55.1 Å². The average Bonchev–Trinajstić information content (AvgIpc) is 3.09. The van der Waals surface area contributed by atoms with Crippen molar-refractivity contribution in [3.05, 3.63) is 64.6 Å². The quantitative estimate of drug-likeness (QED) is 0.799. The fourth-order valence-corrected chi connectivity index (χ4v) is 2.87. The van der Waals surface area contributed by atoms with Gasteiger partial charge in [0, 0.05) is 18.0 Å². The van der Waals surface area contributed by atoms with E-state index < -0.39 is 5.97 Å². The van der Waals surface area contributed by atoms with Crippen LogP contribution in [0, 0.1) is 0 Å². The van der Waals surface area contributed by atoms with Crippen molar-refractivity contribution in [2.45, 2.75) is 6.54 Å². The van der Waals surface area contributed by atoms with Crippen molar-refractivity contribution < 1.29 is 9.90 Å². The zero-order valence-corrected chi connectivity index (χ0v) is 11.4. The van der Waals surface area contributed by atoms with Gasteiger partial charge in [0.15, 0.2) is 0 Å². The summed E-state index contributed by atoms with van der Waals surface area (Å²) in [5.74, 6) is -0.0375. The minimum absolute atomic E-state index is 0.387. The van der Waals surface area contributed by atoms with Crippen LogP contribution in [0.5, 0.6) is 0 Å². The second-order valence-corrected chi connectivity index (χ2v) is 5.24. The van der Waals surface area contributed by atoms with Gasteiger partial charge < -0.3 is 9.67 Å². The maximum atomic E-state index is 11.2. The molecule has 0 saturated heterocycles. The highest BCUT2D eigenvalue weighted by Crippen LogP contribution is 2.22. The summed E-state index contributed by atoms with van der Waals surface area (Å²) < 4.78 is 1.96. The van der Waals surface area contributed by atoms with Crippen LogP contribution in [0.3, 0.4) is 0 Å². The van der Waals surface area contributed by atoms with E-state index in [0.29, 0.717) is 11.4 Å². The third kappa shape index (κ3) is 2.35. The Hall–Kier alpha value is -2.40. The average molecular weight is 284 g/mol. The molecular formula is C15H12N2O2S. The first-order valence-electron chi connectivity index (χ1n) is 6.12. The molecule has 0 radical (unpaired) electrons. The second kappa shape index (κ2) is 5.30. The predicted octanol–water partition coefficient (Wildman–Crippen LogP) is 3.36. The number of aromatic nitrogens is 2. The van der Waals surface area contributed by atoms with E-state index in [0.717, 1.165) is 17.0 Å². The third-order valence-corrected chi connectivity index (χ3v) is 3.97. The number of thiophene rings is 1. The van der Waals surface area contributed by atoms with Gasteiger partial charge in [-0.2, -0.15) is 0 Å². The minimum atomic E-state index is -0.878. The normalized spacial score (nSPS) is 10.6. The maximum Gasteiger partial charge on any atom is 0.346 e. The number of carboxylic acid groups (broad SMARTS) is 1. The Morgan fingerprint density at radius 1 is 1.25 bits per heavy atom. The van der Waals surface area contributed by atoms with Crippen LogP contribution in [0.25, 0.3) is 11.4 Å². The van der Waals surface area contributed by atoms with Crippen LogP contribution >= 0.6 is 11.3 Å². The molecule has 2 heterocycles. The summed E-state index contributed by atoms with van der Waals surface area (Å²) in [7, 11) is 0. The number of rotatable bonds is 4. The molecule has 0 saturated carbocycles. The van der Waals surface area contributed by atoms with Gasteiger partial charge in [-0.25, -0.2) is 9.78 Å². The lowest BCUT2D eigenvalue weighted by Gasteiger charge is -2.07. The Labute approximate surface area is 120 Å². The molecule has 0 amide bonds. The zero-order chi connectivity index (χ0) is 13.9. The zero-order valence-electron chi connectivity index (χ0n) is 10.6. The van der Waals surface area contributed by atoms with Crippen molar-refractivity contribution in [3.63, 3.8) is 0 Å². The van der Waals surface area contributed by atoms with E-state index in [9.17, 15) is 4.79 Å². The summed E-state index contributed by atoms with van der Waals surface area (Å²) in [6.07, 6.45) is 3.60. The molecule has 1 N–H and O–H groups in total. The third-order valence-electron chi connectivity index (χ3n) is 3.03. The standard InChI is InChI=1S/C15H12N2O2S/c18-15(19)13-12(6-9-20-13)10-17-8-7-16-14(17)11-4-2-1-3-5-11/h1-9H,10H2,(H,18,19). The largest absolute Gasteiger partial charge is 0.477 e. The molecule has 100 valence electrons. The fourth-order valence-electron chi connectivity index (χ4n) is 2.12. The molecule has 0 atom stereocenters. The summed E-state index contributed by atoms with van der Waals surface area (Å²) in [6.45, 7) is 0.509. The van der Waals surface area contributed by atoms with Crippen LogP contribution in [0.15, 0.2) is 54.2 Å². The lowest BCUT2D eigenvalue weighted by atomic mass is 10.2.